The van der Waals surface area contributed by atoms with E-state index in [4.69, 9.17) is 0 Å². The first-order chi connectivity index (χ1) is 10.6. The minimum absolute atomic E-state index is 0.109. The van der Waals surface area contributed by atoms with Crippen LogP contribution in [0.25, 0.3) is 0 Å². The van der Waals surface area contributed by atoms with E-state index in [0.29, 0.717) is 12.6 Å². The number of nitrogens with one attached hydrogen (secondary N) is 1. The van der Waals surface area contributed by atoms with Gasteiger partial charge >= 0.3 is 6.03 Å². The predicted octanol–water partition coefficient (Wildman–Crippen LogP) is 2.84. The molecule has 1 saturated carbocycles. The van der Waals surface area contributed by atoms with Crippen molar-refractivity contribution in [2.45, 2.75) is 52.0 Å². The third kappa shape index (κ3) is 3.45. The van der Waals surface area contributed by atoms with Crippen molar-refractivity contribution in [1.82, 2.24) is 20.0 Å². The van der Waals surface area contributed by atoms with E-state index in [1.165, 1.54) is 25.7 Å². The van der Waals surface area contributed by atoms with Crippen molar-refractivity contribution in [3.8, 4) is 0 Å². The smallest absolute Gasteiger partial charge is 0.317 e. The minimum atomic E-state index is 0.109. The molecule has 2 fully saturated rings. The summed E-state index contributed by atoms with van der Waals surface area (Å²) >= 11 is 0. The molecular weight excluding hydrogens is 276 g/mol. The standard InChI is InChI=1S/C17H28N4O/c1-13(2)21-10-8-16(19-21)7-9-18-17(22)20-11-14-5-3-4-6-15(14)12-20/h8,10,13-15H,3-7,9,11-12H2,1-2H3,(H,18,22). The van der Waals surface area contributed by atoms with E-state index in [2.05, 4.69) is 24.3 Å². The van der Waals surface area contributed by atoms with Gasteiger partial charge in [-0.1, -0.05) is 12.8 Å². The van der Waals surface area contributed by atoms with Crippen LogP contribution in [0, 0.1) is 11.8 Å². The van der Waals surface area contributed by atoms with Crippen LogP contribution in [-0.4, -0.2) is 40.3 Å². The van der Waals surface area contributed by atoms with Crippen LogP contribution in [-0.2, 0) is 6.42 Å². The Morgan fingerprint density at radius 1 is 1.32 bits per heavy atom. The Morgan fingerprint density at radius 2 is 2.00 bits per heavy atom. The highest BCUT2D eigenvalue weighted by Crippen LogP contribution is 2.35. The lowest BCUT2D eigenvalue weighted by Crippen LogP contribution is -2.39. The van der Waals surface area contributed by atoms with Gasteiger partial charge in [-0.25, -0.2) is 4.79 Å². The second-order valence-corrected chi connectivity index (χ2v) is 7.07. The van der Waals surface area contributed by atoms with Gasteiger partial charge in [0.15, 0.2) is 0 Å². The van der Waals surface area contributed by atoms with E-state index in [-0.39, 0.29) is 6.03 Å². The summed E-state index contributed by atoms with van der Waals surface area (Å²) in [4.78, 5) is 14.3. The Kier molecular flexibility index (Phi) is 4.69. The van der Waals surface area contributed by atoms with Crippen LogP contribution < -0.4 is 5.32 Å². The molecule has 1 N–H and O–H groups in total. The number of hydrogen-bond acceptors (Lipinski definition) is 2. The third-order valence-corrected chi connectivity index (χ3v) is 5.11. The molecule has 1 aromatic rings. The van der Waals surface area contributed by atoms with Crippen LogP contribution in [0.2, 0.25) is 0 Å². The Morgan fingerprint density at radius 3 is 2.59 bits per heavy atom. The molecule has 1 aliphatic heterocycles. The summed E-state index contributed by atoms with van der Waals surface area (Å²) in [6.45, 7) is 6.81. The third-order valence-electron chi connectivity index (χ3n) is 5.11. The van der Waals surface area contributed by atoms with Crippen LogP contribution in [0.4, 0.5) is 4.79 Å². The second kappa shape index (κ2) is 6.71. The molecule has 2 atom stereocenters. The molecule has 0 radical (unpaired) electrons. The van der Waals surface area contributed by atoms with Crippen LogP contribution in [0.1, 0.15) is 51.3 Å². The molecule has 2 unspecified atom stereocenters. The summed E-state index contributed by atoms with van der Waals surface area (Å²) in [6, 6.07) is 2.53. The summed E-state index contributed by atoms with van der Waals surface area (Å²) in [5, 5.41) is 7.57. The molecule has 3 rings (SSSR count). The van der Waals surface area contributed by atoms with Crippen LogP contribution in [0.15, 0.2) is 12.3 Å². The fourth-order valence-corrected chi connectivity index (χ4v) is 3.78. The van der Waals surface area contributed by atoms with Gasteiger partial charge in [0, 0.05) is 38.3 Å². The Labute approximate surface area is 133 Å². The Hall–Kier alpha value is -1.52. The molecule has 5 heteroatoms. The number of nitrogens with zero attached hydrogens (tertiary/aromatic N) is 3. The number of urea groups is 1. The van der Waals surface area contributed by atoms with Crippen molar-refractivity contribution < 1.29 is 4.79 Å². The van der Waals surface area contributed by atoms with Gasteiger partial charge in [-0.3, -0.25) is 4.68 Å². The monoisotopic (exact) mass is 304 g/mol. The van der Waals surface area contributed by atoms with Crippen molar-refractivity contribution in [2.24, 2.45) is 11.8 Å². The first-order valence-corrected chi connectivity index (χ1v) is 8.70. The summed E-state index contributed by atoms with van der Waals surface area (Å²) < 4.78 is 1.96. The fourth-order valence-electron chi connectivity index (χ4n) is 3.78. The van der Waals surface area contributed by atoms with Gasteiger partial charge in [0.25, 0.3) is 0 Å². The van der Waals surface area contributed by atoms with E-state index >= 15 is 0 Å². The number of carbonyl (C=O) groups excluding carboxylic acids is 1. The van der Waals surface area contributed by atoms with Crippen molar-refractivity contribution in [2.75, 3.05) is 19.6 Å². The molecule has 0 spiro atoms. The second-order valence-electron chi connectivity index (χ2n) is 7.07. The zero-order chi connectivity index (χ0) is 15.5. The van der Waals surface area contributed by atoms with E-state index in [0.717, 1.165) is 37.0 Å². The summed E-state index contributed by atoms with van der Waals surface area (Å²) in [7, 11) is 0. The van der Waals surface area contributed by atoms with Crippen LogP contribution in [0.5, 0.6) is 0 Å². The first kappa shape index (κ1) is 15.4. The van der Waals surface area contributed by atoms with E-state index in [1.54, 1.807) is 0 Å². The molecule has 2 aliphatic rings. The number of likely N-dealkylation sites (tertiary alicyclic amines) is 1. The van der Waals surface area contributed by atoms with Crippen LogP contribution >= 0.6 is 0 Å². The van der Waals surface area contributed by atoms with E-state index < -0.39 is 0 Å². The molecule has 2 amide bonds. The van der Waals surface area contributed by atoms with E-state index in [1.807, 2.05) is 21.8 Å². The molecule has 2 heterocycles. The maximum atomic E-state index is 12.3. The number of amides is 2. The Bertz CT molecular complexity index is 497. The predicted molar refractivity (Wildman–Crippen MR) is 86.7 cm³/mol. The quantitative estimate of drug-likeness (QED) is 0.930. The van der Waals surface area contributed by atoms with Gasteiger partial charge < -0.3 is 10.2 Å². The lowest BCUT2D eigenvalue weighted by Gasteiger charge is -2.22. The largest absolute Gasteiger partial charge is 0.338 e. The lowest BCUT2D eigenvalue weighted by atomic mass is 9.82. The summed E-state index contributed by atoms with van der Waals surface area (Å²) in [5.74, 6) is 1.50. The molecule has 22 heavy (non-hydrogen) atoms. The van der Waals surface area contributed by atoms with Gasteiger partial charge in [0.1, 0.15) is 0 Å². The average Bonchev–Trinajstić information content (AvgIpc) is 3.13. The zero-order valence-electron chi connectivity index (χ0n) is 13.8. The highest BCUT2D eigenvalue weighted by atomic mass is 16.2. The van der Waals surface area contributed by atoms with Crippen molar-refractivity contribution >= 4 is 6.03 Å². The molecule has 0 aromatic carbocycles. The number of rotatable bonds is 4. The van der Waals surface area contributed by atoms with Gasteiger partial charge in [-0.05, 0) is 44.6 Å². The molecular formula is C17H28N4O. The van der Waals surface area contributed by atoms with E-state index in [9.17, 15) is 4.79 Å². The molecule has 1 saturated heterocycles. The molecule has 5 nitrogen and oxygen atoms in total. The molecule has 0 bridgehead atoms. The summed E-state index contributed by atoms with van der Waals surface area (Å²) in [6.07, 6.45) is 8.10. The van der Waals surface area contributed by atoms with Gasteiger partial charge in [0.2, 0.25) is 0 Å². The van der Waals surface area contributed by atoms with Crippen LogP contribution in [0.3, 0.4) is 0 Å². The number of carbonyl (C=O) groups is 1. The van der Waals surface area contributed by atoms with Crippen molar-refractivity contribution in [3.05, 3.63) is 18.0 Å². The maximum absolute atomic E-state index is 12.3. The van der Waals surface area contributed by atoms with Gasteiger partial charge in [-0.2, -0.15) is 5.10 Å². The number of hydrogen-bond donors (Lipinski definition) is 1. The average molecular weight is 304 g/mol. The molecule has 1 aromatic heterocycles. The lowest BCUT2D eigenvalue weighted by molar-refractivity contribution is 0.206. The Balaban J connectivity index is 1.42. The van der Waals surface area contributed by atoms with Crippen molar-refractivity contribution in [3.63, 3.8) is 0 Å². The highest BCUT2D eigenvalue weighted by molar-refractivity contribution is 5.74. The normalized spacial score (nSPS) is 24.6. The topological polar surface area (TPSA) is 50.2 Å². The van der Waals surface area contributed by atoms with Gasteiger partial charge in [-0.15, -0.1) is 0 Å². The minimum Gasteiger partial charge on any atom is -0.338 e. The first-order valence-electron chi connectivity index (χ1n) is 8.70. The number of fused-ring (bicyclic) bond motifs is 1. The highest BCUT2D eigenvalue weighted by Gasteiger charge is 2.36. The maximum Gasteiger partial charge on any atom is 0.317 e. The number of aromatic nitrogens is 2. The van der Waals surface area contributed by atoms with Crippen molar-refractivity contribution in [1.29, 1.82) is 0 Å². The van der Waals surface area contributed by atoms with Gasteiger partial charge in [0.05, 0.1) is 5.69 Å². The fraction of sp³-hybridized carbons (Fsp3) is 0.765. The SMILES string of the molecule is CC(C)n1ccc(CCNC(=O)N2CC3CCCCC3C2)n1. The molecule has 1 aliphatic carbocycles. The molecule has 122 valence electrons. The zero-order valence-corrected chi connectivity index (χ0v) is 13.8. The summed E-state index contributed by atoms with van der Waals surface area (Å²) in [5.41, 5.74) is 1.05.